The highest BCUT2D eigenvalue weighted by Gasteiger charge is 2.15. The lowest BCUT2D eigenvalue weighted by Gasteiger charge is -2.07. The first-order valence-corrected chi connectivity index (χ1v) is 8.82. The number of hydrogen-bond acceptors (Lipinski definition) is 4. The summed E-state index contributed by atoms with van der Waals surface area (Å²) >= 11 is 0. The summed E-state index contributed by atoms with van der Waals surface area (Å²) in [6.45, 7) is 3.67. The van der Waals surface area contributed by atoms with Crippen LogP contribution in [-0.2, 0) is 10.0 Å². The topological polar surface area (TPSA) is 72.5 Å². The van der Waals surface area contributed by atoms with Gasteiger partial charge in [0.15, 0.2) is 0 Å². The molecule has 2 aromatic carbocycles. The quantitative estimate of drug-likeness (QED) is 0.904. The Kier molecular flexibility index (Phi) is 5.41. The summed E-state index contributed by atoms with van der Waals surface area (Å²) in [5, 5.41) is 0.962. The number of carbonyl (C=O) groups is 1. The van der Waals surface area contributed by atoms with Gasteiger partial charge in [-0.2, -0.15) is 0 Å². The third kappa shape index (κ3) is 4.70. The SMILES string of the molecule is COc1cccc(C=CS(=O)(=O)NC(=O)c2ccc(C)cc2C)c1. The number of aryl methyl sites for hydroxylation is 2. The second-order valence-corrected chi connectivity index (χ2v) is 6.94. The Morgan fingerprint density at radius 2 is 1.88 bits per heavy atom. The Balaban J connectivity index is 2.15. The van der Waals surface area contributed by atoms with Gasteiger partial charge in [-0.15, -0.1) is 0 Å². The fourth-order valence-corrected chi connectivity index (χ4v) is 2.97. The Bertz CT molecular complexity index is 886. The maximum Gasteiger partial charge on any atom is 0.265 e. The zero-order valence-corrected chi connectivity index (χ0v) is 14.6. The van der Waals surface area contributed by atoms with E-state index in [-0.39, 0.29) is 0 Å². The van der Waals surface area contributed by atoms with Gasteiger partial charge in [-0.3, -0.25) is 4.79 Å². The van der Waals surface area contributed by atoms with Crippen molar-refractivity contribution >= 4 is 22.0 Å². The molecule has 0 aromatic heterocycles. The van der Waals surface area contributed by atoms with Crippen LogP contribution in [0.4, 0.5) is 0 Å². The molecule has 6 heteroatoms. The molecule has 0 saturated carbocycles. The Morgan fingerprint density at radius 1 is 1.12 bits per heavy atom. The van der Waals surface area contributed by atoms with Crippen molar-refractivity contribution in [1.29, 1.82) is 0 Å². The minimum absolute atomic E-state index is 0.332. The van der Waals surface area contributed by atoms with Crippen LogP contribution >= 0.6 is 0 Å². The van der Waals surface area contributed by atoms with Crippen molar-refractivity contribution in [3.8, 4) is 5.75 Å². The van der Waals surface area contributed by atoms with Gasteiger partial charge in [-0.05, 0) is 49.2 Å². The predicted molar refractivity (Wildman–Crippen MR) is 94.3 cm³/mol. The fourth-order valence-electron chi connectivity index (χ4n) is 2.20. The zero-order valence-electron chi connectivity index (χ0n) is 13.7. The lowest BCUT2D eigenvalue weighted by atomic mass is 10.1. The number of carbonyl (C=O) groups excluding carboxylic acids is 1. The summed E-state index contributed by atoms with van der Waals surface area (Å²) < 4.78 is 31.3. The number of sulfonamides is 1. The van der Waals surface area contributed by atoms with Crippen molar-refractivity contribution in [3.05, 3.63) is 70.1 Å². The zero-order chi connectivity index (χ0) is 17.7. The van der Waals surface area contributed by atoms with Gasteiger partial charge in [0.2, 0.25) is 0 Å². The summed E-state index contributed by atoms with van der Waals surface area (Å²) in [7, 11) is -2.36. The van der Waals surface area contributed by atoms with E-state index in [0.717, 1.165) is 16.5 Å². The number of methoxy groups -OCH3 is 1. The van der Waals surface area contributed by atoms with Crippen molar-refractivity contribution in [2.75, 3.05) is 7.11 Å². The van der Waals surface area contributed by atoms with Crippen LogP contribution in [0.5, 0.6) is 5.75 Å². The second-order valence-electron chi connectivity index (χ2n) is 5.37. The molecule has 0 bridgehead atoms. The molecule has 0 atom stereocenters. The number of amides is 1. The Morgan fingerprint density at radius 3 is 2.54 bits per heavy atom. The van der Waals surface area contributed by atoms with Crippen LogP contribution < -0.4 is 9.46 Å². The Labute approximate surface area is 142 Å². The molecule has 126 valence electrons. The third-order valence-corrected chi connectivity index (χ3v) is 4.36. The molecule has 0 spiro atoms. The van der Waals surface area contributed by atoms with Crippen LogP contribution in [0.3, 0.4) is 0 Å². The van der Waals surface area contributed by atoms with E-state index in [1.54, 1.807) is 43.3 Å². The van der Waals surface area contributed by atoms with Crippen LogP contribution in [0.2, 0.25) is 0 Å². The van der Waals surface area contributed by atoms with E-state index in [1.165, 1.54) is 13.2 Å². The number of hydrogen-bond donors (Lipinski definition) is 1. The standard InChI is InChI=1S/C18H19NO4S/c1-13-7-8-17(14(2)11-13)18(20)19-24(21,22)10-9-15-5-4-6-16(12-15)23-3/h4-12H,1-3H3,(H,19,20). The fraction of sp³-hybridized carbons (Fsp3) is 0.167. The predicted octanol–water partition coefficient (Wildman–Crippen LogP) is 3.04. The second kappa shape index (κ2) is 7.31. The van der Waals surface area contributed by atoms with Crippen LogP contribution in [-0.4, -0.2) is 21.4 Å². The molecule has 0 fully saturated rings. The molecule has 2 aromatic rings. The smallest absolute Gasteiger partial charge is 0.265 e. The van der Waals surface area contributed by atoms with Crippen LogP contribution in [0.25, 0.3) is 6.08 Å². The van der Waals surface area contributed by atoms with Gasteiger partial charge >= 0.3 is 0 Å². The molecule has 1 amide bonds. The molecule has 0 aliphatic carbocycles. The van der Waals surface area contributed by atoms with E-state index in [1.807, 2.05) is 17.7 Å². The van der Waals surface area contributed by atoms with E-state index in [2.05, 4.69) is 0 Å². The first kappa shape index (κ1) is 17.7. The largest absolute Gasteiger partial charge is 0.497 e. The normalized spacial score (nSPS) is 11.5. The monoisotopic (exact) mass is 345 g/mol. The minimum atomic E-state index is -3.89. The van der Waals surface area contributed by atoms with Gasteiger partial charge < -0.3 is 4.74 Å². The lowest BCUT2D eigenvalue weighted by Crippen LogP contribution is -2.29. The summed E-state index contributed by atoms with van der Waals surface area (Å²) in [5.74, 6) is -0.0309. The molecule has 24 heavy (non-hydrogen) atoms. The first-order chi connectivity index (χ1) is 11.3. The molecular weight excluding hydrogens is 326 g/mol. The van der Waals surface area contributed by atoms with E-state index >= 15 is 0 Å². The number of nitrogens with one attached hydrogen (secondary N) is 1. The highest BCUT2D eigenvalue weighted by molar-refractivity contribution is 7.93. The lowest BCUT2D eigenvalue weighted by molar-refractivity contribution is 0.0981. The molecule has 0 aliphatic heterocycles. The molecule has 0 aliphatic rings. The molecular formula is C18H19NO4S. The molecule has 0 saturated heterocycles. The van der Waals surface area contributed by atoms with Crippen molar-refractivity contribution in [1.82, 2.24) is 4.72 Å². The van der Waals surface area contributed by atoms with Gasteiger partial charge in [-0.1, -0.05) is 29.8 Å². The maximum absolute atomic E-state index is 12.2. The van der Waals surface area contributed by atoms with E-state index in [0.29, 0.717) is 16.9 Å². The minimum Gasteiger partial charge on any atom is -0.497 e. The highest BCUT2D eigenvalue weighted by atomic mass is 32.2. The van der Waals surface area contributed by atoms with Gasteiger partial charge in [-0.25, -0.2) is 13.1 Å². The van der Waals surface area contributed by atoms with Crippen LogP contribution in [0, 0.1) is 13.8 Å². The van der Waals surface area contributed by atoms with Crippen molar-refractivity contribution in [3.63, 3.8) is 0 Å². The third-order valence-electron chi connectivity index (χ3n) is 3.39. The summed E-state index contributed by atoms with van der Waals surface area (Å²) in [5.41, 5.74) is 2.71. The highest BCUT2D eigenvalue weighted by Crippen LogP contribution is 2.14. The number of benzene rings is 2. The van der Waals surface area contributed by atoms with E-state index < -0.39 is 15.9 Å². The summed E-state index contributed by atoms with van der Waals surface area (Å²) in [4.78, 5) is 12.2. The molecule has 0 radical (unpaired) electrons. The van der Waals surface area contributed by atoms with Crippen LogP contribution in [0.15, 0.2) is 47.9 Å². The molecule has 5 nitrogen and oxygen atoms in total. The number of ether oxygens (including phenoxy) is 1. The Hall–Kier alpha value is -2.60. The van der Waals surface area contributed by atoms with Crippen molar-refractivity contribution < 1.29 is 17.9 Å². The van der Waals surface area contributed by atoms with Crippen LogP contribution in [0.1, 0.15) is 27.0 Å². The van der Waals surface area contributed by atoms with Gasteiger partial charge in [0.25, 0.3) is 15.9 Å². The summed E-state index contributed by atoms with van der Waals surface area (Å²) in [6, 6.07) is 12.1. The summed E-state index contributed by atoms with van der Waals surface area (Å²) in [6.07, 6.45) is 1.40. The van der Waals surface area contributed by atoms with Gasteiger partial charge in [0.1, 0.15) is 5.75 Å². The van der Waals surface area contributed by atoms with Crippen molar-refractivity contribution in [2.45, 2.75) is 13.8 Å². The van der Waals surface area contributed by atoms with E-state index in [9.17, 15) is 13.2 Å². The number of rotatable bonds is 5. The molecule has 0 unspecified atom stereocenters. The van der Waals surface area contributed by atoms with Crippen molar-refractivity contribution in [2.24, 2.45) is 0 Å². The first-order valence-electron chi connectivity index (χ1n) is 7.27. The average molecular weight is 345 g/mol. The van der Waals surface area contributed by atoms with E-state index in [4.69, 9.17) is 4.74 Å². The maximum atomic E-state index is 12.2. The molecule has 0 heterocycles. The molecule has 1 N–H and O–H groups in total. The molecule has 2 rings (SSSR count). The van der Waals surface area contributed by atoms with Gasteiger partial charge in [0, 0.05) is 5.56 Å². The van der Waals surface area contributed by atoms with Gasteiger partial charge in [0.05, 0.1) is 12.5 Å². The average Bonchev–Trinajstić information content (AvgIpc) is 2.52.